The van der Waals surface area contributed by atoms with Crippen molar-refractivity contribution in [3.05, 3.63) is 42.0 Å². The van der Waals surface area contributed by atoms with Crippen molar-refractivity contribution in [3.63, 3.8) is 0 Å². The summed E-state index contributed by atoms with van der Waals surface area (Å²) >= 11 is 0. The van der Waals surface area contributed by atoms with Gasteiger partial charge < -0.3 is 9.05 Å². The molecule has 0 fully saturated rings. The topological polar surface area (TPSA) is 18.5 Å². The highest BCUT2D eigenvalue weighted by atomic mass is 31.2. The average molecular weight is 210 g/mol. The van der Waals surface area contributed by atoms with Crippen molar-refractivity contribution < 1.29 is 9.05 Å². The van der Waals surface area contributed by atoms with Gasteiger partial charge in [0.25, 0.3) is 0 Å². The van der Waals surface area contributed by atoms with Gasteiger partial charge in [-0.2, -0.15) is 0 Å². The Kier molecular flexibility index (Phi) is 4.81. The van der Waals surface area contributed by atoms with Crippen LogP contribution in [-0.4, -0.2) is 14.2 Å². The van der Waals surface area contributed by atoms with Gasteiger partial charge in [-0.1, -0.05) is 36.9 Å². The standard InChI is InChI=1S/C11H15O2P/c1-4-10-5-7-11(8-6-10)9-14(12-2)13-3/h4-8H,1,9H2,2-3H3. The second kappa shape index (κ2) is 5.92. The lowest BCUT2D eigenvalue weighted by Gasteiger charge is -2.11. The van der Waals surface area contributed by atoms with Gasteiger partial charge >= 0.3 is 0 Å². The van der Waals surface area contributed by atoms with Crippen molar-refractivity contribution >= 4 is 14.5 Å². The summed E-state index contributed by atoms with van der Waals surface area (Å²) in [6.07, 6.45) is 2.67. The van der Waals surface area contributed by atoms with Crippen LogP contribution in [0.2, 0.25) is 0 Å². The Morgan fingerprint density at radius 3 is 2.21 bits per heavy atom. The summed E-state index contributed by atoms with van der Waals surface area (Å²) in [5.41, 5.74) is 2.36. The Hall–Kier alpha value is -0.690. The number of hydrogen-bond donors (Lipinski definition) is 0. The van der Waals surface area contributed by atoms with Crippen LogP contribution in [0.1, 0.15) is 11.1 Å². The summed E-state index contributed by atoms with van der Waals surface area (Å²) < 4.78 is 10.4. The van der Waals surface area contributed by atoms with E-state index in [0.717, 1.165) is 11.7 Å². The highest BCUT2D eigenvalue weighted by molar-refractivity contribution is 7.46. The molecule has 0 saturated heterocycles. The Balaban J connectivity index is 2.63. The summed E-state index contributed by atoms with van der Waals surface area (Å²) in [6.45, 7) is 3.71. The molecule has 0 aliphatic heterocycles. The molecule has 1 aromatic carbocycles. The van der Waals surface area contributed by atoms with Gasteiger partial charge in [-0.25, -0.2) is 0 Å². The smallest absolute Gasteiger partial charge is 0.174 e. The molecule has 0 amide bonds. The predicted octanol–water partition coefficient (Wildman–Crippen LogP) is 3.43. The molecule has 0 bridgehead atoms. The SMILES string of the molecule is C=Cc1ccc(CP(OC)OC)cc1. The third kappa shape index (κ3) is 3.22. The fraction of sp³-hybridized carbons (Fsp3) is 0.273. The minimum absolute atomic E-state index is 0.772. The minimum Gasteiger partial charge on any atom is -0.337 e. The Morgan fingerprint density at radius 1 is 1.21 bits per heavy atom. The van der Waals surface area contributed by atoms with Crippen LogP contribution in [0.15, 0.2) is 30.8 Å². The average Bonchev–Trinajstić information content (AvgIpc) is 2.26. The second-order valence-electron chi connectivity index (χ2n) is 2.80. The van der Waals surface area contributed by atoms with Gasteiger partial charge in [0, 0.05) is 20.4 Å². The number of rotatable bonds is 5. The molecule has 14 heavy (non-hydrogen) atoms. The lowest BCUT2D eigenvalue weighted by atomic mass is 10.1. The van der Waals surface area contributed by atoms with Gasteiger partial charge in [0.05, 0.1) is 0 Å². The summed E-state index contributed by atoms with van der Waals surface area (Å²) in [5.74, 6) is 0. The van der Waals surface area contributed by atoms with E-state index >= 15 is 0 Å². The molecule has 1 rings (SSSR count). The van der Waals surface area contributed by atoms with E-state index in [4.69, 9.17) is 9.05 Å². The van der Waals surface area contributed by atoms with Crippen molar-refractivity contribution in [2.75, 3.05) is 14.2 Å². The summed E-state index contributed by atoms with van der Waals surface area (Å²) in [5, 5.41) is 0. The van der Waals surface area contributed by atoms with Crippen molar-refractivity contribution in [2.45, 2.75) is 6.16 Å². The number of hydrogen-bond acceptors (Lipinski definition) is 2. The lowest BCUT2D eigenvalue weighted by Crippen LogP contribution is -1.88. The van der Waals surface area contributed by atoms with E-state index in [0.29, 0.717) is 0 Å². The Labute approximate surface area is 86.5 Å². The van der Waals surface area contributed by atoms with E-state index in [9.17, 15) is 0 Å². The molecule has 0 heterocycles. The molecule has 0 saturated carbocycles. The largest absolute Gasteiger partial charge is 0.337 e. The van der Waals surface area contributed by atoms with Crippen LogP contribution in [0, 0.1) is 0 Å². The fourth-order valence-corrected chi connectivity index (χ4v) is 2.03. The zero-order valence-electron chi connectivity index (χ0n) is 8.56. The van der Waals surface area contributed by atoms with Crippen LogP contribution < -0.4 is 0 Å². The van der Waals surface area contributed by atoms with Crippen molar-refractivity contribution in [1.29, 1.82) is 0 Å². The second-order valence-corrected chi connectivity index (χ2v) is 4.51. The predicted molar refractivity (Wildman–Crippen MR) is 61.2 cm³/mol. The molecule has 0 spiro atoms. The zero-order valence-corrected chi connectivity index (χ0v) is 9.46. The van der Waals surface area contributed by atoms with Crippen LogP contribution in [0.3, 0.4) is 0 Å². The summed E-state index contributed by atoms with van der Waals surface area (Å²) in [6, 6.07) is 8.23. The van der Waals surface area contributed by atoms with E-state index in [1.165, 1.54) is 5.56 Å². The highest BCUT2D eigenvalue weighted by Crippen LogP contribution is 2.39. The van der Waals surface area contributed by atoms with E-state index in [-0.39, 0.29) is 0 Å². The molecular formula is C11H15O2P. The Morgan fingerprint density at radius 2 is 1.79 bits per heavy atom. The van der Waals surface area contributed by atoms with Crippen LogP contribution in [0.25, 0.3) is 6.08 Å². The normalized spacial score (nSPS) is 10.5. The van der Waals surface area contributed by atoms with Crippen LogP contribution >= 0.6 is 8.38 Å². The quantitative estimate of drug-likeness (QED) is 0.693. The minimum atomic E-state index is -0.772. The van der Waals surface area contributed by atoms with Gasteiger partial charge in [0.2, 0.25) is 0 Å². The molecular weight excluding hydrogens is 195 g/mol. The van der Waals surface area contributed by atoms with E-state index in [1.807, 2.05) is 18.2 Å². The highest BCUT2D eigenvalue weighted by Gasteiger charge is 2.06. The third-order valence-electron chi connectivity index (χ3n) is 1.93. The van der Waals surface area contributed by atoms with Gasteiger partial charge in [-0.05, 0) is 11.1 Å². The van der Waals surface area contributed by atoms with E-state index in [2.05, 4.69) is 18.7 Å². The molecule has 0 unspecified atom stereocenters. The van der Waals surface area contributed by atoms with Gasteiger partial charge in [-0.3, -0.25) is 0 Å². The first-order valence-corrected chi connectivity index (χ1v) is 5.73. The Bertz CT molecular complexity index is 278. The van der Waals surface area contributed by atoms with Crippen LogP contribution in [0.5, 0.6) is 0 Å². The molecule has 0 N–H and O–H groups in total. The monoisotopic (exact) mass is 210 g/mol. The molecule has 0 aromatic heterocycles. The molecule has 76 valence electrons. The maximum Gasteiger partial charge on any atom is 0.174 e. The first-order chi connectivity index (χ1) is 6.80. The molecule has 0 radical (unpaired) electrons. The van der Waals surface area contributed by atoms with Crippen molar-refractivity contribution in [3.8, 4) is 0 Å². The summed E-state index contributed by atoms with van der Waals surface area (Å²) in [4.78, 5) is 0. The molecule has 3 heteroatoms. The fourth-order valence-electron chi connectivity index (χ4n) is 1.11. The first kappa shape index (κ1) is 11.4. The molecule has 2 nitrogen and oxygen atoms in total. The maximum atomic E-state index is 5.18. The molecule has 0 atom stereocenters. The van der Waals surface area contributed by atoms with Gasteiger partial charge in [0.15, 0.2) is 8.38 Å². The van der Waals surface area contributed by atoms with Crippen molar-refractivity contribution in [1.82, 2.24) is 0 Å². The zero-order chi connectivity index (χ0) is 10.4. The van der Waals surface area contributed by atoms with E-state index in [1.54, 1.807) is 14.2 Å². The van der Waals surface area contributed by atoms with Gasteiger partial charge in [-0.15, -0.1) is 0 Å². The first-order valence-electron chi connectivity index (χ1n) is 4.37. The summed E-state index contributed by atoms with van der Waals surface area (Å²) in [7, 11) is 2.58. The van der Waals surface area contributed by atoms with Crippen LogP contribution in [0.4, 0.5) is 0 Å². The van der Waals surface area contributed by atoms with Crippen molar-refractivity contribution in [2.24, 2.45) is 0 Å². The van der Waals surface area contributed by atoms with E-state index < -0.39 is 8.38 Å². The third-order valence-corrected chi connectivity index (χ3v) is 3.37. The lowest BCUT2D eigenvalue weighted by molar-refractivity contribution is 0.339. The van der Waals surface area contributed by atoms with Gasteiger partial charge in [0.1, 0.15) is 0 Å². The molecule has 0 aliphatic rings. The number of benzene rings is 1. The molecule has 1 aromatic rings. The maximum absolute atomic E-state index is 5.18. The van der Waals surface area contributed by atoms with Crippen LogP contribution in [-0.2, 0) is 15.2 Å². The molecule has 0 aliphatic carbocycles.